The van der Waals surface area contributed by atoms with Gasteiger partial charge in [0.15, 0.2) is 0 Å². The summed E-state index contributed by atoms with van der Waals surface area (Å²) in [6, 6.07) is 0. The fourth-order valence-corrected chi connectivity index (χ4v) is 3.61. The standard InChI is InChI=1S/C14H21BrN2O2/c1-4-17-11(12(15)10(3)16-17)8-14(13(18)19)6-5-9(2)7-14/h9H,4-8H2,1-3H3,(H,18,19). The monoisotopic (exact) mass is 328 g/mol. The van der Waals surface area contributed by atoms with E-state index in [0.29, 0.717) is 12.3 Å². The molecule has 19 heavy (non-hydrogen) atoms. The van der Waals surface area contributed by atoms with Crippen LogP contribution in [0.5, 0.6) is 0 Å². The maximum Gasteiger partial charge on any atom is 0.310 e. The average Bonchev–Trinajstić information content (AvgIpc) is 2.86. The molecular weight excluding hydrogens is 308 g/mol. The SMILES string of the molecule is CCn1nc(C)c(Br)c1CC1(C(=O)O)CCC(C)C1. The highest BCUT2D eigenvalue weighted by Crippen LogP contribution is 2.45. The minimum absolute atomic E-state index is 0.494. The summed E-state index contributed by atoms with van der Waals surface area (Å²) < 4.78 is 2.89. The number of aryl methyl sites for hydroxylation is 2. The van der Waals surface area contributed by atoms with Crippen LogP contribution in [0, 0.1) is 18.3 Å². The van der Waals surface area contributed by atoms with Gasteiger partial charge in [-0.2, -0.15) is 5.10 Å². The first-order valence-electron chi connectivity index (χ1n) is 6.85. The maximum atomic E-state index is 11.7. The molecule has 1 aromatic rings. The lowest BCUT2D eigenvalue weighted by atomic mass is 9.81. The Morgan fingerprint density at radius 1 is 1.63 bits per heavy atom. The predicted molar refractivity (Wildman–Crippen MR) is 77.1 cm³/mol. The topological polar surface area (TPSA) is 55.1 Å². The highest BCUT2D eigenvalue weighted by molar-refractivity contribution is 9.10. The number of aliphatic carboxylic acids is 1. The summed E-state index contributed by atoms with van der Waals surface area (Å²) in [6.45, 7) is 6.90. The van der Waals surface area contributed by atoms with Crippen LogP contribution in [0.1, 0.15) is 44.5 Å². The summed E-state index contributed by atoms with van der Waals surface area (Å²) in [5.74, 6) is -0.167. The highest BCUT2D eigenvalue weighted by Gasteiger charge is 2.45. The van der Waals surface area contributed by atoms with Gasteiger partial charge >= 0.3 is 5.97 Å². The minimum atomic E-state index is -0.662. The number of carbonyl (C=O) groups is 1. The fourth-order valence-electron chi connectivity index (χ4n) is 3.18. The van der Waals surface area contributed by atoms with Gasteiger partial charge < -0.3 is 5.11 Å². The first-order valence-corrected chi connectivity index (χ1v) is 7.64. The molecule has 0 radical (unpaired) electrons. The van der Waals surface area contributed by atoms with Crippen LogP contribution in [0.3, 0.4) is 0 Å². The van der Waals surface area contributed by atoms with Gasteiger partial charge in [-0.05, 0) is 55.0 Å². The predicted octanol–water partition coefficient (Wildman–Crippen LogP) is 3.41. The van der Waals surface area contributed by atoms with Crippen molar-refractivity contribution in [3.63, 3.8) is 0 Å². The minimum Gasteiger partial charge on any atom is -0.481 e. The Kier molecular flexibility index (Phi) is 4.04. The van der Waals surface area contributed by atoms with Crippen molar-refractivity contribution in [1.29, 1.82) is 0 Å². The molecule has 0 bridgehead atoms. The smallest absolute Gasteiger partial charge is 0.310 e. The molecule has 0 saturated heterocycles. The van der Waals surface area contributed by atoms with Gasteiger partial charge in [0.25, 0.3) is 0 Å². The van der Waals surface area contributed by atoms with Crippen molar-refractivity contribution in [2.75, 3.05) is 0 Å². The molecule has 106 valence electrons. The zero-order valence-electron chi connectivity index (χ0n) is 11.7. The molecule has 1 aliphatic rings. The number of carboxylic acid groups (broad SMARTS) is 1. The van der Waals surface area contributed by atoms with Gasteiger partial charge in [-0.15, -0.1) is 0 Å². The van der Waals surface area contributed by atoms with Gasteiger partial charge in [0, 0.05) is 13.0 Å². The molecule has 1 N–H and O–H groups in total. The maximum absolute atomic E-state index is 11.7. The van der Waals surface area contributed by atoms with Crippen molar-refractivity contribution in [2.45, 2.75) is 53.0 Å². The van der Waals surface area contributed by atoms with E-state index >= 15 is 0 Å². The third kappa shape index (κ3) is 2.57. The van der Waals surface area contributed by atoms with Crippen LogP contribution in [-0.4, -0.2) is 20.9 Å². The first kappa shape index (κ1) is 14.6. The van der Waals surface area contributed by atoms with E-state index < -0.39 is 11.4 Å². The number of aromatic nitrogens is 2. The summed E-state index contributed by atoms with van der Waals surface area (Å²) in [5.41, 5.74) is 1.35. The van der Waals surface area contributed by atoms with Gasteiger partial charge in [0.05, 0.1) is 21.3 Å². The Labute approximate surface area is 122 Å². The average molecular weight is 329 g/mol. The number of hydrogen-bond donors (Lipinski definition) is 1. The number of halogens is 1. The fraction of sp³-hybridized carbons (Fsp3) is 0.714. The molecule has 2 atom stereocenters. The Bertz CT molecular complexity index is 498. The van der Waals surface area contributed by atoms with Crippen molar-refractivity contribution in [1.82, 2.24) is 9.78 Å². The van der Waals surface area contributed by atoms with Gasteiger partial charge in [-0.3, -0.25) is 9.48 Å². The second-order valence-electron chi connectivity index (χ2n) is 5.77. The lowest BCUT2D eigenvalue weighted by molar-refractivity contribution is -0.148. The van der Waals surface area contributed by atoms with E-state index in [-0.39, 0.29) is 0 Å². The molecule has 0 spiro atoms. The zero-order chi connectivity index (χ0) is 14.2. The highest BCUT2D eigenvalue weighted by atomic mass is 79.9. The molecule has 0 aromatic carbocycles. The Hall–Kier alpha value is -0.840. The van der Waals surface area contributed by atoms with Crippen molar-refractivity contribution in [3.8, 4) is 0 Å². The molecule has 1 aromatic heterocycles. The molecular formula is C14H21BrN2O2. The van der Waals surface area contributed by atoms with Crippen LogP contribution in [0.25, 0.3) is 0 Å². The second-order valence-corrected chi connectivity index (χ2v) is 6.57. The van der Waals surface area contributed by atoms with Gasteiger partial charge in [-0.1, -0.05) is 6.92 Å². The van der Waals surface area contributed by atoms with Gasteiger partial charge in [-0.25, -0.2) is 0 Å². The quantitative estimate of drug-likeness (QED) is 0.921. The summed E-state index contributed by atoms with van der Waals surface area (Å²) in [6.07, 6.45) is 3.11. The molecule has 1 heterocycles. The summed E-state index contributed by atoms with van der Waals surface area (Å²) >= 11 is 3.56. The summed E-state index contributed by atoms with van der Waals surface area (Å²) in [7, 11) is 0. The van der Waals surface area contributed by atoms with Crippen molar-refractivity contribution < 1.29 is 9.90 Å². The van der Waals surface area contributed by atoms with Crippen LogP contribution in [0.4, 0.5) is 0 Å². The molecule has 1 saturated carbocycles. The first-order chi connectivity index (χ1) is 8.89. The lowest BCUT2D eigenvalue weighted by Gasteiger charge is -2.24. The second kappa shape index (κ2) is 5.27. The van der Waals surface area contributed by atoms with E-state index in [9.17, 15) is 9.90 Å². The Balaban J connectivity index is 2.35. The van der Waals surface area contributed by atoms with E-state index in [2.05, 4.69) is 28.0 Å². The molecule has 5 heteroatoms. The Morgan fingerprint density at radius 3 is 2.79 bits per heavy atom. The zero-order valence-corrected chi connectivity index (χ0v) is 13.3. The molecule has 0 amide bonds. The molecule has 2 unspecified atom stereocenters. The number of nitrogens with zero attached hydrogens (tertiary/aromatic N) is 2. The van der Waals surface area contributed by atoms with E-state index in [4.69, 9.17) is 0 Å². The van der Waals surface area contributed by atoms with Crippen molar-refractivity contribution >= 4 is 21.9 Å². The van der Waals surface area contributed by atoms with Gasteiger partial charge in [0.2, 0.25) is 0 Å². The van der Waals surface area contributed by atoms with Crippen LogP contribution in [0.15, 0.2) is 4.47 Å². The summed E-state index contributed by atoms with van der Waals surface area (Å²) in [4.78, 5) is 11.7. The third-order valence-electron chi connectivity index (χ3n) is 4.27. The number of rotatable bonds is 4. The number of carboxylic acids is 1. The van der Waals surface area contributed by atoms with E-state index in [1.165, 1.54) is 0 Å². The summed E-state index contributed by atoms with van der Waals surface area (Å²) in [5, 5.41) is 14.1. The lowest BCUT2D eigenvalue weighted by Crippen LogP contribution is -2.31. The van der Waals surface area contributed by atoms with Crippen LogP contribution < -0.4 is 0 Å². The normalized spacial score (nSPS) is 26.8. The van der Waals surface area contributed by atoms with Crippen LogP contribution >= 0.6 is 15.9 Å². The molecule has 1 fully saturated rings. The van der Waals surface area contributed by atoms with Crippen molar-refractivity contribution in [2.24, 2.45) is 11.3 Å². The van der Waals surface area contributed by atoms with E-state index in [1.807, 2.05) is 18.5 Å². The Morgan fingerprint density at radius 2 is 2.32 bits per heavy atom. The van der Waals surface area contributed by atoms with Gasteiger partial charge in [0.1, 0.15) is 0 Å². The molecule has 0 aliphatic heterocycles. The third-order valence-corrected chi connectivity index (χ3v) is 5.30. The number of hydrogen-bond acceptors (Lipinski definition) is 2. The van der Waals surface area contributed by atoms with Crippen LogP contribution in [-0.2, 0) is 17.8 Å². The van der Waals surface area contributed by atoms with E-state index in [0.717, 1.165) is 41.7 Å². The van der Waals surface area contributed by atoms with Crippen molar-refractivity contribution in [3.05, 3.63) is 15.9 Å². The molecule has 4 nitrogen and oxygen atoms in total. The molecule has 1 aliphatic carbocycles. The van der Waals surface area contributed by atoms with E-state index in [1.54, 1.807) is 0 Å². The molecule has 2 rings (SSSR count). The van der Waals surface area contributed by atoms with Crippen LogP contribution in [0.2, 0.25) is 0 Å². The largest absolute Gasteiger partial charge is 0.481 e.